The molecular weight excluding hydrogens is 296 g/mol. The SMILES string of the molecule is CCC(C)Nc1nccc(Nc2c(C(C)C)cccc2C(C)C)n1. The van der Waals surface area contributed by atoms with Crippen molar-refractivity contribution in [3.63, 3.8) is 0 Å². The molecule has 2 rings (SSSR count). The lowest BCUT2D eigenvalue weighted by Crippen LogP contribution is -2.16. The topological polar surface area (TPSA) is 49.8 Å². The fourth-order valence-corrected chi connectivity index (χ4v) is 2.64. The Bertz CT molecular complexity index is 638. The monoisotopic (exact) mass is 326 g/mol. The van der Waals surface area contributed by atoms with Gasteiger partial charge in [-0.05, 0) is 42.4 Å². The molecule has 1 unspecified atom stereocenters. The van der Waals surface area contributed by atoms with Gasteiger partial charge in [0.15, 0.2) is 0 Å². The Hall–Kier alpha value is -2.10. The van der Waals surface area contributed by atoms with E-state index < -0.39 is 0 Å². The van der Waals surface area contributed by atoms with Crippen LogP contribution in [0.5, 0.6) is 0 Å². The average molecular weight is 326 g/mol. The number of para-hydroxylation sites is 1. The molecule has 24 heavy (non-hydrogen) atoms. The van der Waals surface area contributed by atoms with Gasteiger partial charge in [-0.1, -0.05) is 52.8 Å². The molecular formula is C20H30N4. The smallest absolute Gasteiger partial charge is 0.224 e. The van der Waals surface area contributed by atoms with Crippen LogP contribution in [0, 0.1) is 0 Å². The summed E-state index contributed by atoms with van der Waals surface area (Å²) in [6, 6.07) is 8.81. The van der Waals surface area contributed by atoms with E-state index in [0.29, 0.717) is 23.8 Å². The molecule has 0 saturated heterocycles. The summed E-state index contributed by atoms with van der Waals surface area (Å²) in [6.07, 6.45) is 2.84. The molecule has 0 aliphatic heterocycles. The number of aromatic nitrogens is 2. The second kappa shape index (κ2) is 8.13. The second-order valence-electron chi connectivity index (χ2n) is 6.96. The van der Waals surface area contributed by atoms with Crippen LogP contribution in [0.3, 0.4) is 0 Å². The number of nitrogens with one attached hydrogen (secondary N) is 2. The summed E-state index contributed by atoms with van der Waals surface area (Å²) in [6.45, 7) is 13.2. The molecule has 1 atom stereocenters. The normalized spacial score (nSPS) is 12.5. The van der Waals surface area contributed by atoms with Crippen LogP contribution in [0.1, 0.15) is 70.9 Å². The Morgan fingerprint density at radius 3 is 2.12 bits per heavy atom. The van der Waals surface area contributed by atoms with E-state index in [9.17, 15) is 0 Å². The third-order valence-electron chi connectivity index (χ3n) is 4.27. The minimum atomic E-state index is 0.356. The van der Waals surface area contributed by atoms with Crippen molar-refractivity contribution in [3.05, 3.63) is 41.6 Å². The second-order valence-corrected chi connectivity index (χ2v) is 6.96. The third kappa shape index (κ3) is 4.47. The summed E-state index contributed by atoms with van der Waals surface area (Å²) < 4.78 is 0. The average Bonchev–Trinajstić information content (AvgIpc) is 2.54. The van der Waals surface area contributed by atoms with Gasteiger partial charge >= 0.3 is 0 Å². The van der Waals surface area contributed by atoms with Crippen molar-refractivity contribution in [1.29, 1.82) is 0 Å². The molecule has 2 aromatic rings. The van der Waals surface area contributed by atoms with Gasteiger partial charge in [0.2, 0.25) is 5.95 Å². The van der Waals surface area contributed by atoms with Gasteiger partial charge in [-0.2, -0.15) is 4.98 Å². The highest BCUT2D eigenvalue weighted by molar-refractivity contribution is 5.67. The molecule has 1 aromatic heterocycles. The summed E-state index contributed by atoms with van der Waals surface area (Å²) in [7, 11) is 0. The maximum absolute atomic E-state index is 4.62. The van der Waals surface area contributed by atoms with Gasteiger partial charge in [-0.15, -0.1) is 0 Å². The zero-order valence-electron chi connectivity index (χ0n) is 15.7. The van der Waals surface area contributed by atoms with Crippen LogP contribution in [0.2, 0.25) is 0 Å². The number of hydrogen-bond acceptors (Lipinski definition) is 4. The van der Waals surface area contributed by atoms with E-state index in [-0.39, 0.29) is 0 Å². The molecule has 0 aliphatic rings. The van der Waals surface area contributed by atoms with Crippen molar-refractivity contribution in [2.24, 2.45) is 0 Å². The van der Waals surface area contributed by atoms with Gasteiger partial charge in [0.05, 0.1) is 0 Å². The number of anilines is 3. The van der Waals surface area contributed by atoms with Crippen molar-refractivity contribution in [3.8, 4) is 0 Å². The van der Waals surface area contributed by atoms with E-state index in [2.05, 4.69) is 80.3 Å². The van der Waals surface area contributed by atoms with Crippen LogP contribution in [-0.2, 0) is 0 Å². The van der Waals surface area contributed by atoms with E-state index >= 15 is 0 Å². The lowest BCUT2D eigenvalue weighted by molar-refractivity contribution is 0.753. The summed E-state index contributed by atoms with van der Waals surface area (Å²) in [4.78, 5) is 8.95. The van der Waals surface area contributed by atoms with Crippen LogP contribution < -0.4 is 10.6 Å². The van der Waals surface area contributed by atoms with Crippen LogP contribution in [-0.4, -0.2) is 16.0 Å². The number of hydrogen-bond donors (Lipinski definition) is 2. The van der Waals surface area contributed by atoms with Crippen molar-refractivity contribution in [2.45, 2.75) is 65.8 Å². The largest absolute Gasteiger partial charge is 0.352 e. The fraction of sp³-hybridized carbons (Fsp3) is 0.500. The van der Waals surface area contributed by atoms with Crippen LogP contribution in [0.25, 0.3) is 0 Å². The van der Waals surface area contributed by atoms with Crippen molar-refractivity contribution in [1.82, 2.24) is 9.97 Å². The quantitative estimate of drug-likeness (QED) is 0.687. The third-order valence-corrected chi connectivity index (χ3v) is 4.27. The van der Waals surface area contributed by atoms with Gasteiger partial charge in [0, 0.05) is 17.9 Å². The highest BCUT2D eigenvalue weighted by atomic mass is 15.1. The van der Waals surface area contributed by atoms with E-state index in [1.807, 2.05) is 6.07 Å². The minimum absolute atomic E-state index is 0.356. The summed E-state index contributed by atoms with van der Waals surface area (Å²) in [5, 5.41) is 6.87. The minimum Gasteiger partial charge on any atom is -0.352 e. The molecule has 0 radical (unpaired) electrons. The first kappa shape index (κ1) is 18.2. The maximum Gasteiger partial charge on any atom is 0.224 e. The standard InChI is InChI=1S/C20H30N4/c1-7-15(6)22-20-21-12-11-18(24-20)23-19-16(13(2)3)9-8-10-17(19)14(4)5/h8-15H,7H2,1-6H3,(H2,21,22,23,24). The molecule has 130 valence electrons. The van der Waals surface area contributed by atoms with Gasteiger partial charge in [-0.3, -0.25) is 0 Å². The predicted octanol–water partition coefficient (Wildman–Crippen LogP) is 5.68. The number of rotatable bonds is 7. The highest BCUT2D eigenvalue weighted by Gasteiger charge is 2.14. The molecule has 0 fully saturated rings. The molecule has 0 saturated carbocycles. The van der Waals surface area contributed by atoms with Gasteiger partial charge < -0.3 is 10.6 Å². The first-order valence-electron chi connectivity index (χ1n) is 8.91. The predicted molar refractivity (Wildman–Crippen MR) is 103 cm³/mol. The molecule has 0 spiro atoms. The Labute approximate surface area is 146 Å². The first-order chi connectivity index (χ1) is 11.4. The Balaban J connectivity index is 2.35. The van der Waals surface area contributed by atoms with Crippen molar-refractivity contribution >= 4 is 17.5 Å². The maximum atomic E-state index is 4.62. The molecule has 4 heteroatoms. The van der Waals surface area contributed by atoms with Gasteiger partial charge in [-0.25, -0.2) is 4.98 Å². The molecule has 4 nitrogen and oxygen atoms in total. The molecule has 1 aromatic carbocycles. The summed E-state index contributed by atoms with van der Waals surface area (Å²) in [5.74, 6) is 2.39. The Morgan fingerprint density at radius 1 is 0.958 bits per heavy atom. The lowest BCUT2D eigenvalue weighted by atomic mass is 9.92. The fourth-order valence-electron chi connectivity index (χ4n) is 2.64. The van der Waals surface area contributed by atoms with E-state index in [0.717, 1.165) is 12.2 Å². The molecule has 1 heterocycles. The lowest BCUT2D eigenvalue weighted by Gasteiger charge is -2.21. The molecule has 2 N–H and O–H groups in total. The number of nitrogens with zero attached hydrogens (tertiary/aromatic N) is 2. The van der Waals surface area contributed by atoms with E-state index in [1.165, 1.54) is 16.8 Å². The van der Waals surface area contributed by atoms with Crippen LogP contribution in [0.15, 0.2) is 30.5 Å². The summed E-state index contributed by atoms with van der Waals surface area (Å²) >= 11 is 0. The van der Waals surface area contributed by atoms with Crippen molar-refractivity contribution in [2.75, 3.05) is 10.6 Å². The van der Waals surface area contributed by atoms with Crippen molar-refractivity contribution < 1.29 is 0 Å². The Kier molecular flexibility index (Phi) is 6.18. The Morgan fingerprint density at radius 2 is 1.58 bits per heavy atom. The first-order valence-corrected chi connectivity index (χ1v) is 8.91. The molecule has 0 aliphatic carbocycles. The zero-order valence-corrected chi connectivity index (χ0v) is 15.7. The van der Waals surface area contributed by atoms with Gasteiger partial charge in [0.25, 0.3) is 0 Å². The molecule has 0 amide bonds. The zero-order chi connectivity index (χ0) is 17.7. The highest BCUT2D eigenvalue weighted by Crippen LogP contribution is 2.34. The van der Waals surface area contributed by atoms with E-state index in [1.54, 1.807) is 6.20 Å². The van der Waals surface area contributed by atoms with Crippen LogP contribution in [0.4, 0.5) is 17.5 Å². The van der Waals surface area contributed by atoms with E-state index in [4.69, 9.17) is 0 Å². The number of benzene rings is 1. The van der Waals surface area contributed by atoms with Gasteiger partial charge in [0.1, 0.15) is 5.82 Å². The molecule has 0 bridgehead atoms. The summed E-state index contributed by atoms with van der Waals surface area (Å²) in [5.41, 5.74) is 3.81. The van der Waals surface area contributed by atoms with Crippen LogP contribution >= 0.6 is 0 Å².